The van der Waals surface area contributed by atoms with Crippen molar-refractivity contribution in [2.24, 2.45) is 47.3 Å². The third-order valence-electron chi connectivity index (χ3n) is 5.94. The van der Waals surface area contributed by atoms with Crippen molar-refractivity contribution in [2.75, 3.05) is 0 Å². The summed E-state index contributed by atoms with van der Waals surface area (Å²) in [6, 6.07) is 0. The Balaban J connectivity index is 1.94. The standard InChI is InChI=1S/C10H12/c1-3-4-2-6-7(3)9-5(1)8(4)10(6)9/h3-10H,1-2H2/t3-,4+,5-,6+,7-,8-,9-,10+/m1/s1. The second-order valence-electron chi connectivity index (χ2n) is 5.44. The largest absolute Gasteiger partial charge is 0.0465 e. The van der Waals surface area contributed by atoms with Crippen molar-refractivity contribution in [3.8, 4) is 0 Å². The van der Waals surface area contributed by atoms with Gasteiger partial charge in [0.25, 0.3) is 0 Å². The van der Waals surface area contributed by atoms with Gasteiger partial charge in [-0.3, -0.25) is 0 Å². The van der Waals surface area contributed by atoms with Gasteiger partial charge in [0, 0.05) is 0 Å². The molecule has 6 aliphatic carbocycles. The van der Waals surface area contributed by atoms with E-state index in [0.29, 0.717) is 0 Å². The average molecular weight is 132 g/mol. The van der Waals surface area contributed by atoms with E-state index in [-0.39, 0.29) is 0 Å². The van der Waals surface area contributed by atoms with Crippen molar-refractivity contribution < 1.29 is 0 Å². The summed E-state index contributed by atoms with van der Waals surface area (Å²) in [6.45, 7) is 0. The van der Waals surface area contributed by atoms with E-state index >= 15 is 0 Å². The molecule has 6 aliphatic rings. The van der Waals surface area contributed by atoms with Crippen LogP contribution in [0.1, 0.15) is 12.8 Å². The fraction of sp³-hybridized carbons (Fsp3) is 1.00. The lowest BCUT2D eigenvalue weighted by Crippen LogP contribution is -2.60. The summed E-state index contributed by atoms with van der Waals surface area (Å²) in [7, 11) is 0. The van der Waals surface area contributed by atoms with Crippen LogP contribution in [0.5, 0.6) is 0 Å². The van der Waals surface area contributed by atoms with Gasteiger partial charge in [-0.25, -0.2) is 0 Å². The van der Waals surface area contributed by atoms with Gasteiger partial charge < -0.3 is 0 Å². The molecule has 0 nitrogen and oxygen atoms in total. The molecule has 10 heavy (non-hydrogen) atoms. The summed E-state index contributed by atoms with van der Waals surface area (Å²) in [6.07, 6.45) is 3.36. The molecule has 0 heteroatoms. The van der Waals surface area contributed by atoms with Gasteiger partial charge in [0.1, 0.15) is 0 Å². The SMILES string of the molecule is C1[C@@H]2[C@@H]3C[C@H]4[C@@H]2[C@H]2[C@H]1[C@@H]3[C@H]42. The molecule has 0 aromatic carbocycles. The van der Waals surface area contributed by atoms with Crippen LogP contribution in [0, 0.1) is 47.3 Å². The van der Waals surface area contributed by atoms with Gasteiger partial charge in [0.05, 0.1) is 0 Å². The van der Waals surface area contributed by atoms with Crippen LogP contribution in [-0.2, 0) is 0 Å². The Morgan fingerprint density at radius 2 is 1.00 bits per heavy atom. The van der Waals surface area contributed by atoms with E-state index in [4.69, 9.17) is 0 Å². The number of hydrogen-bond donors (Lipinski definition) is 0. The third kappa shape index (κ3) is 0.170. The van der Waals surface area contributed by atoms with Crippen LogP contribution < -0.4 is 0 Å². The smallest absolute Gasteiger partial charge is 0.0315 e. The highest BCUT2D eigenvalue weighted by Crippen LogP contribution is 2.88. The number of hydrogen-bond acceptors (Lipinski definition) is 0. The quantitative estimate of drug-likeness (QED) is 0.471. The molecule has 0 amide bonds. The van der Waals surface area contributed by atoms with E-state index in [0.717, 1.165) is 0 Å². The van der Waals surface area contributed by atoms with E-state index in [1.54, 1.807) is 12.8 Å². The summed E-state index contributed by atoms with van der Waals surface area (Å²) in [5, 5.41) is 0. The first-order valence-electron chi connectivity index (χ1n) is 4.97. The minimum atomic E-state index is 1.27. The molecule has 0 aliphatic heterocycles. The van der Waals surface area contributed by atoms with Crippen molar-refractivity contribution >= 4 is 0 Å². The Hall–Kier alpha value is 0. The zero-order valence-corrected chi connectivity index (χ0v) is 6.03. The van der Waals surface area contributed by atoms with E-state index in [1.807, 2.05) is 0 Å². The minimum absolute atomic E-state index is 1.27. The molecule has 4 bridgehead atoms. The molecule has 0 heterocycles. The van der Waals surface area contributed by atoms with Crippen molar-refractivity contribution in [1.29, 1.82) is 0 Å². The van der Waals surface area contributed by atoms with Gasteiger partial charge in [-0.15, -0.1) is 0 Å². The predicted octanol–water partition coefficient (Wildman–Crippen LogP) is 1.76. The highest BCUT2D eigenvalue weighted by molar-refractivity contribution is 5.30. The molecular weight excluding hydrogens is 120 g/mol. The van der Waals surface area contributed by atoms with Gasteiger partial charge in [-0.2, -0.15) is 0 Å². The first-order valence-corrected chi connectivity index (χ1v) is 4.97. The summed E-state index contributed by atoms with van der Waals surface area (Å²) in [5.74, 6) is 10.3. The average Bonchev–Trinajstić information content (AvgIpc) is 2.32. The molecule has 0 saturated heterocycles. The molecule has 0 unspecified atom stereocenters. The third-order valence-corrected chi connectivity index (χ3v) is 5.94. The Kier molecular flexibility index (Phi) is 0.352. The predicted molar refractivity (Wildman–Crippen MR) is 37.2 cm³/mol. The van der Waals surface area contributed by atoms with Crippen LogP contribution in [0.25, 0.3) is 0 Å². The van der Waals surface area contributed by atoms with Crippen LogP contribution in [0.3, 0.4) is 0 Å². The van der Waals surface area contributed by atoms with Crippen molar-refractivity contribution in [3.63, 3.8) is 0 Å². The van der Waals surface area contributed by atoms with Gasteiger partial charge >= 0.3 is 0 Å². The summed E-state index contributed by atoms with van der Waals surface area (Å²) >= 11 is 0. The zero-order chi connectivity index (χ0) is 6.03. The second kappa shape index (κ2) is 0.852. The van der Waals surface area contributed by atoms with E-state index in [2.05, 4.69) is 0 Å². The Labute approximate surface area is 61.0 Å². The van der Waals surface area contributed by atoms with E-state index < -0.39 is 0 Å². The lowest BCUT2D eigenvalue weighted by Gasteiger charge is -2.63. The molecule has 6 fully saturated rings. The van der Waals surface area contributed by atoms with Crippen LogP contribution >= 0.6 is 0 Å². The van der Waals surface area contributed by atoms with Gasteiger partial charge in [-0.1, -0.05) is 0 Å². The van der Waals surface area contributed by atoms with Gasteiger partial charge in [-0.05, 0) is 60.2 Å². The fourth-order valence-corrected chi connectivity index (χ4v) is 6.15. The zero-order valence-electron chi connectivity index (χ0n) is 6.03. The maximum atomic E-state index is 1.68. The van der Waals surface area contributed by atoms with E-state index in [9.17, 15) is 0 Å². The van der Waals surface area contributed by atoms with Crippen LogP contribution in [-0.4, -0.2) is 0 Å². The first kappa shape index (κ1) is 4.13. The Morgan fingerprint density at radius 3 is 1.40 bits per heavy atom. The Bertz CT molecular complexity index is 201. The highest BCUT2D eigenvalue weighted by atomic mass is 14.9. The molecule has 0 aromatic rings. The highest BCUT2D eigenvalue weighted by Gasteiger charge is 2.83. The maximum Gasteiger partial charge on any atom is -0.0315 e. The summed E-state index contributed by atoms with van der Waals surface area (Å²) < 4.78 is 0. The van der Waals surface area contributed by atoms with Gasteiger partial charge in [0.15, 0.2) is 0 Å². The molecule has 6 saturated carbocycles. The van der Waals surface area contributed by atoms with Gasteiger partial charge in [0.2, 0.25) is 0 Å². The topological polar surface area (TPSA) is 0 Å². The monoisotopic (exact) mass is 132 g/mol. The second-order valence-corrected chi connectivity index (χ2v) is 5.44. The maximum absolute atomic E-state index is 1.68. The lowest BCUT2D eigenvalue weighted by atomic mass is 9.41. The first-order chi connectivity index (χ1) is 4.97. The minimum Gasteiger partial charge on any atom is -0.0465 e. The van der Waals surface area contributed by atoms with Crippen molar-refractivity contribution in [2.45, 2.75) is 12.8 Å². The molecule has 6 rings (SSSR count). The number of rotatable bonds is 0. The van der Waals surface area contributed by atoms with Crippen molar-refractivity contribution in [3.05, 3.63) is 0 Å². The Morgan fingerprint density at radius 1 is 0.500 bits per heavy atom. The normalized spacial score (nSPS) is 91.2. The molecule has 8 atom stereocenters. The summed E-state index contributed by atoms with van der Waals surface area (Å²) in [4.78, 5) is 0. The fourth-order valence-electron chi connectivity index (χ4n) is 6.15. The lowest BCUT2D eigenvalue weighted by molar-refractivity contribution is -0.169. The van der Waals surface area contributed by atoms with Crippen molar-refractivity contribution in [1.82, 2.24) is 0 Å². The molecule has 52 valence electrons. The molecular formula is C10H12. The summed E-state index contributed by atoms with van der Waals surface area (Å²) in [5.41, 5.74) is 0. The molecule has 0 N–H and O–H groups in total. The van der Waals surface area contributed by atoms with Crippen LogP contribution in [0.15, 0.2) is 0 Å². The molecule has 0 spiro atoms. The molecule has 0 radical (unpaired) electrons. The van der Waals surface area contributed by atoms with E-state index in [1.165, 1.54) is 47.3 Å². The van der Waals surface area contributed by atoms with Crippen LogP contribution in [0.4, 0.5) is 0 Å². The molecule has 0 aromatic heterocycles. The van der Waals surface area contributed by atoms with Crippen LogP contribution in [0.2, 0.25) is 0 Å².